The van der Waals surface area contributed by atoms with Gasteiger partial charge in [-0.15, -0.1) is 0 Å². The minimum absolute atomic E-state index is 0.425. The first kappa shape index (κ1) is 27.7. The van der Waals surface area contributed by atoms with Gasteiger partial charge in [-0.25, -0.2) is 4.79 Å². The van der Waals surface area contributed by atoms with Crippen molar-refractivity contribution in [1.82, 2.24) is 14.8 Å². The van der Waals surface area contributed by atoms with Crippen molar-refractivity contribution in [3.63, 3.8) is 0 Å². The highest BCUT2D eigenvalue weighted by Gasteiger charge is 2.36. The second-order valence-electron chi connectivity index (χ2n) is 10.1. The van der Waals surface area contributed by atoms with Gasteiger partial charge in [0.15, 0.2) is 11.5 Å². The molecule has 3 heterocycles. The van der Waals surface area contributed by atoms with Gasteiger partial charge in [0.2, 0.25) is 0 Å². The minimum atomic E-state index is -0.453. The Balaban J connectivity index is 1.34. The first-order valence-electron chi connectivity index (χ1n) is 13.6. The smallest absolute Gasteiger partial charge is 0.416 e. The van der Waals surface area contributed by atoms with Gasteiger partial charge in [-0.1, -0.05) is 29.3 Å². The summed E-state index contributed by atoms with van der Waals surface area (Å²) in [6.45, 7) is 5.00. The third-order valence-electron chi connectivity index (χ3n) is 7.61. The molecule has 1 unspecified atom stereocenters. The summed E-state index contributed by atoms with van der Waals surface area (Å²) >= 11 is 12.4. The van der Waals surface area contributed by atoms with Crippen LogP contribution in [-0.4, -0.2) is 74.0 Å². The van der Waals surface area contributed by atoms with Gasteiger partial charge >= 0.3 is 6.09 Å². The number of hydrogen-bond acceptors (Lipinski definition) is 6. The van der Waals surface area contributed by atoms with E-state index in [1.54, 1.807) is 36.3 Å². The van der Waals surface area contributed by atoms with Crippen molar-refractivity contribution in [2.24, 2.45) is 0 Å². The Bertz CT molecular complexity index is 1540. The molecule has 2 aliphatic heterocycles. The van der Waals surface area contributed by atoms with Gasteiger partial charge in [-0.05, 0) is 72.1 Å². The zero-order chi connectivity index (χ0) is 28.3. The summed E-state index contributed by atoms with van der Waals surface area (Å²) in [6.07, 6.45) is 0.200. The summed E-state index contributed by atoms with van der Waals surface area (Å²) in [5.41, 5.74) is 3.89. The molecule has 1 amide bonds. The van der Waals surface area contributed by atoms with Crippen LogP contribution < -0.4 is 14.2 Å². The summed E-state index contributed by atoms with van der Waals surface area (Å²) in [7, 11) is 1.62. The number of nitrogens with one attached hydrogen (secondary N) is 1. The van der Waals surface area contributed by atoms with Gasteiger partial charge in [0, 0.05) is 52.8 Å². The van der Waals surface area contributed by atoms with Crippen LogP contribution in [0.1, 0.15) is 22.9 Å². The summed E-state index contributed by atoms with van der Waals surface area (Å²) in [4.78, 5) is 21.3. The quantitative estimate of drug-likeness (QED) is 0.268. The number of aromatic amines is 1. The second kappa shape index (κ2) is 12.2. The SMILES string of the molecule is COc1ccc(C2c3[nH]c4ccc(Cl)cc4c3CCN2C(=O)Oc2ccc(Cl)cc2)cc1OCCN1CCOCC1. The number of nitrogens with zero attached hydrogens (tertiary/aromatic N) is 2. The van der Waals surface area contributed by atoms with Crippen molar-refractivity contribution in [3.05, 3.63) is 87.5 Å². The molecule has 3 aromatic carbocycles. The number of amides is 1. The Kier molecular flexibility index (Phi) is 8.25. The molecule has 0 bridgehead atoms. The minimum Gasteiger partial charge on any atom is -0.493 e. The molecule has 0 spiro atoms. The van der Waals surface area contributed by atoms with Gasteiger partial charge in [-0.3, -0.25) is 9.80 Å². The number of carbonyl (C=O) groups is 1. The van der Waals surface area contributed by atoms with E-state index in [9.17, 15) is 4.79 Å². The summed E-state index contributed by atoms with van der Waals surface area (Å²) in [5.74, 6) is 1.68. The van der Waals surface area contributed by atoms with Crippen LogP contribution in [0.5, 0.6) is 17.2 Å². The summed E-state index contributed by atoms with van der Waals surface area (Å²) < 4.78 is 23.1. The molecule has 8 nitrogen and oxygen atoms in total. The molecule has 6 rings (SSSR count). The van der Waals surface area contributed by atoms with Crippen molar-refractivity contribution in [2.45, 2.75) is 12.5 Å². The molecular formula is C31H31Cl2N3O5. The van der Waals surface area contributed by atoms with E-state index >= 15 is 0 Å². The third-order valence-corrected chi connectivity index (χ3v) is 8.10. The van der Waals surface area contributed by atoms with Gasteiger partial charge in [0.05, 0.1) is 20.3 Å². The van der Waals surface area contributed by atoms with E-state index in [2.05, 4.69) is 9.88 Å². The van der Waals surface area contributed by atoms with Crippen LogP contribution in [0.15, 0.2) is 60.7 Å². The molecule has 0 aliphatic carbocycles. The molecule has 1 atom stereocenters. The number of halogens is 2. The molecule has 1 N–H and O–H groups in total. The van der Waals surface area contributed by atoms with E-state index in [-0.39, 0.29) is 0 Å². The van der Waals surface area contributed by atoms with E-state index in [1.807, 2.05) is 36.4 Å². The molecule has 0 saturated carbocycles. The van der Waals surface area contributed by atoms with Crippen molar-refractivity contribution >= 4 is 40.2 Å². The van der Waals surface area contributed by atoms with E-state index in [4.69, 9.17) is 42.1 Å². The maximum atomic E-state index is 13.6. The van der Waals surface area contributed by atoms with Gasteiger partial charge in [-0.2, -0.15) is 0 Å². The van der Waals surface area contributed by atoms with Crippen LogP contribution in [0.2, 0.25) is 10.0 Å². The maximum absolute atomic E-state index is 13.6. The molecule has 10 heteroatoms. The van der Waals surface area contributed by atoms with Gasteiger partial charge in [0.25, 0.3) is 0 Å². The van der Waals surface area contributed by atoms with E-state index in [1.165, 1.54) is 0 Å². The van der Waals surface area contributed by atoms with Crippen molar-refractivity contribution in [3.8, 4) is 17.2 Å². The summed E-state index contributed by atoms with van der Waals surface area (Å²) in [5, 5.41) is 2.29. The number of rotatable bonds is 7. The zero-order valence-electron chi connectivity index (χ0n) is 22.7. The number of morpholine rings is 1. The first-order valence-corrected chi connectivity index (χ1v) is 14.4. The lowest BCUT2D eigenvalue weighted by atomic mass is 9.92. The molecule has 4 aromatic rings. The lowest BCUT2D eigenvalue weighted by molar-refractivity contribution is 0.0321. The largest absolute Gasteiger partial charge is 0.493 e. The molecular weight excluding hydrogens is 565 g/mol. The number of hydrogen-bond donors (Lipinski definition) is 1. The predicted molar refractivity (Wildman–Crippen MR) is 159 cm³/mol. The fourth-order valence-corrected chi connectivity index (χ4v) is 5.85. The Morgan fingerprint density at radius 2 is 1.76 bits per heavy atom. The van der Waals surface area contributed by atoms with Crippen LogP contribution >= 0.6 is 23.2 Å². The zero-order valence-corrected chi connectivity index (χ0v) is 24.2. The molecule has 2 aliphatic rings. The molecule has 0 radical (unpaired) electrons. The number of carbonyl (C=O) groups excluding carboxylic acids is 1. The van der Waals surface area contributed by atoms with Crippen LogP contribution in [0.4, 0.5) is 4.79 Å². The Morgan fingerprint density at radius 3 is 2.54 bits per heavy atom. The topological polar surface area (TPSA) is 76.3 Å². The van der Waals surface area contributed by atoms with Gasteiger partial charge in [0.1, 0.15) is 18.4 Å². The van der Waals surface area contributed by atoms with Crippen LogP contribution in [0.3, 0.4) is 0 Å². The van der Waals surface area contributed by atoms with E-state index in [0.29, 0.717) is 46.9 Å². The average molecular weight is 597 g/mol. The number of methoxy groups -OCH3 is 1. The molecule has 214 valence electrons. The van der Waals surface area contributed by atoms with Crippen molar-refractivity contribution < 1.29 is 23.7 Å². The standard InChI is InChI=1S/C31H31Cl2N3O5/c1-38-27-9-2-20(18-28(27)40-17-14-35-12-15-39-16-13-35)30-29-24(25-19-22(33)5-8-26(25)34-29)10-11-36(30)31(37)41-23-6-3-21(32)4-7-23/h2-9,18-19,30,34H,10-17H2,1H3. The van der Waals surface area contributed by atoms with Crippen molar-refractivity contribution in [2.75, 3.05) is 53.1 Å². The van der Waals surface area contributed by atoms with E-state index < -0.39 is 12.1 Å². The molecule has 1 fully saturated rings. The average Bonchev–Trinajstić information content (AvgIpc) is 3.36. The highest BCUT2D eigenvalue weighted by atomic mass is 35.5. The fraction of sp³-hybridized carbons (Fsp3) is 0.323. The lowest BCUT2D eigenvalue weighted by Gasteiger charge is -2.35. The maximum Gasteiger partial charge on any atom is 0.416 e. The molecule has 1 saturated heterocycles. The highest BCUT2D eigenvalue weighted by molar-refractivity contribution is 6.31. The normalized spacial score (nSPS) is 17.3. The van der Waals surface area contributed by atoms with E-state index in [0.717, 1.165) is 60.6 Å². The fourth-order valence-electron chi connectivity index (χ4n) is 5.55. The lowest BCUT2D eigenvalue weighted by Crippen LogP contribution is -2.42. The molecule has 1 aromatic heterocycles. The molecule has 41 heavy (non-hydrogen) atoms. The van der Waals surface area contributed by atoms with Crippen molar-refractivity contribution in [1.29, 1.82) is 0 Å². The number of fused-ring (bicyclic) bond motifs is 3. The first-order chi connectivity index (χ1) is 20.0. The second-order valence-corrected chi connectivity index (χ2v) is 11.0. The number of ether oxygens (including phenoxy) is 4. The number of H-pyrrole nitrogens is 1. The predicted octanol–water partition coefficient (Wildman–Crippen LogP) is 6.34. The third kappa shape index (κ3) is 5.97. The summed E-state index contributed by atoms with van der Waals surface area (Å²) in [6, 6.07) is 17.9. The Labute approximate surface area is 248 Å². The number of aromatic nitrogens is 1. The van der Waals surface area contributed by atoms with Crippen LogP contribution in [-0.2, 0) is 11.2 Å². The Morgan fingerprint density at radius 1 is 0.976 bits per heavy atom. The van der Waals surface area contributed by atoms with Gasteiger partial charge < -0.3 is 23.9 Å². The highest BCUT2D eigenvalue weighted by Crippen LogP contribution is 2.42. The van der Waals surface area contributed by atoms with Crippen LogP contribution in [0.25, 0.3) is 10.9 Å². The number of benzene rings is 3. The monoisotopic (exact) mass is 595 g/mol. The Hall–Kier alpha value is -3.43. The van der Waals surface area contributed by atoms with Crippen LogP contribution in [0, 0.1) is 0 Å².